The highest BCUT2D eigenvalue weighted by atomic mass is 35.5. The Morgan fingerprint density at radius 3 is 2.30 bits per heavy atom. The lowest BCUT2D eigenvalue weighted by atomic mass is 10.2. The zero-order valence-electron chi connectivity index (χ0n) is 15.5. The van der Waals surface area contributed by atoms with Gasteiger partial charge in [0, 0.05) is 68.8 Å². The van der Waals surface area contributed by atoms with E-state index in [0.717, 1.165) is 56.7 Å². The molecule has 1 fully saturated rings. The third-order valence-corrected chi connectivity index (χ3v) is 5.59. The Labute approximate surface area is 166 Å². The highest BCUT2D eigenvalue weighted by Gasteiger charge is 2.18. The Morgan fingerprint density at radius 2 is 1.52 bits per heavy atom. The maximum absolute atomic E-state index is 6.30. The van der Waals surface area contributed by atoms with Crippen LogP contribution in [0.5, 0.6) is 0 Å². The lowest BCUT2D eigenvalue weighted by Gasteiger charge is -2.35. The Morgan fingerprint density at radius 1 is 0.815 bits per heavy atom. The van der Waals surface area contributed by atoms with Crippen molar-refractivity contribution in [2.45, 2.75) is 13.1 Å². The van der Waals surface area contributed by atoms with Crippen LogP contribution in [0.15, 0.2) is 67.0 Å². The van der Waals surface area contributed by atoms with Gasteiger partial charge in [0.05, 0.1) is 0 Å². The number of hydrogen-bond acceptors (Lipinski definition) is 3. The van der Waals surface area contributed by atoms with E-state index in [1.165, 1.54) is 11.1 Å². The predicted octanol–water partition coefficient (Wildman–Crippen LogP) is 4.02. The summed E-state index contributed by atoms with van der Waals surface area (Å²) in [6, 6.07) is 18.6. The molecule has 27 heavy (non-hydrogen) atoms. The molecule has 0 amide bonds. The zero-order chi connectivity index (χ0) is 18.5. The molecule has 0 saturated carbocycles. The summed E-state index contributed by atoms with van der Waals surface area (Å²) in [6.07, 6.45) is 3.97. The second kappa shape index (κ2) is 8.70. The SMILES string of the molecule is Clc1ccccc1CN1CCN(CCn2ccnc2-c2ccccc2)CC1. The summed E-state index contributed by atoms with van der Waals surface area (Å²) in [4.78, 5) is 9.57. The van der Waals surface area contributed by atoms with E-state index in [9.17, 15) is 0 Å². The van der Waals surface area contributed by atoms with Crippen LogP contribution in [0.25, 0.3) is 11.4 Å². The molecule has 140 valence electrons. The van der Waals surface area contributed by atoms with E-state index >= 15 is 0 Å². The normalized spacial score (nSPS) is 15.9. The fourth-order valence-electron chi connectivity index (χ4n) is 3.62. The summed E-state index contributed by atoms with van der Waals surface area (Å²) in [6.45, 7) is 7.32. The highest BCUT2D eigenvalue weighted by Crippen LogP contribution is 2.19. The van der Waals surface area contributed by atoms with Crippen LogP contribution in [0.1, 0.15) is 5.56 Å². The fourth-order valence-corrected chi connectivity index (χ4v) is 3.82. The molecule has 2 heterocycles. The lowest BCUT2D eigenvalue weighted by Crippen LogP contribution is -2.46. The van der Waals surface area contributed by atoms with Gasteiger partial charge in [-0.2, -0.15) is 0 Å². The summed E-state index contributed by atoms with van der Waals surface area (Å²) >= 11 is 6.30. The molecular formula is C22H25ClN4. The first kappa shape index (κ1) is 18.2. The van der Waals surface area contributed by atoms with Crippen molar-refractivity contribution in [2.75, 3.05) is 32.7 Å². The Bertz CT molecular complexity index is 854. The number of benzene rings is 2. The second-order valence-corrected chi connectivity index (χ2v) is 7.43. The van der Waals surface area contributed by atoms with Crippen LogP contribution in [-0.4, -0.2) is 52.1 Å². The number of halogens is 1. The van der Waals surface area contributed by atoms with Crippen LogP contribution in [0.4, 0.5) is 0 Å². The minimum atomic E-state index is 0.869. The standard InChI is InChI=1S/C22H25ClN4/c23-21-9-5-4-8-20(21)18-26-14-12-25(13-15-26)16-17-27-11-10-24-22(27)19-6-2-1-3-7-19/h1-11H,12-18H2. The highest BCUT2D eigenvalue weighted by molar-refractivity contribution is 6.31. The van der Waals surface area contributed by atoms with E-state index in [1.807, 2.05) is 24.4 Å². The molecule has 1 aliphatic heterocycles. The number of rotatable bonds is 6. The van der Waals surface area contributed by atoms with Gasteiger partial charge in [0.2, 0.25) is 0 Å². The Hall–Kier alpha value is -2.14. The smallest absolute Gasteiger partial charge is 0.139 e. The van der Waals surface area contributed by atoms with Crippen molar-refractivity contribution >= 4 is 11.6 Å². The van der Waals surface area contributed by atoms with Crippen LogP contribution in [-0.2, 0) is 13.1 Å². The molecule has 1 aliphatic rings. The number of imidazole rings is 1. The number of piperazine rings is 1. The molecule has 2 aromatic carbocycles. The molecule has 0 radical (unpaired) electrons. The minimum Gasteiger partial charge on any atom is -0.330 e. The van der Waals surface area contributed by atoms with Gasteiger partial charge in [-0.15, -0.1) is 0 Å². The van der Waals surface area contributed by atoms with E-state index < -0.39 is 0 Å². The Balaban J connectivity index is 1.28. The van der Waals surface area contributed by atoms with E-state index in [0.29, 0.717) is 0 Å². The molecule has 0 aliphatic carbocycles. The molecule has 0 bridgehead atoms. The molecule has 3 aromatic rings. The molecule has 0 atom stereocenters. The van der Waals surface area contributed by atoms with E-state index in [-0.39, 0.29) is 0 Å². The third-order valence-electron chi connectivity index (χ3n) is 5.22. The molecule has 5 heteroatoms. The minimum absolute atomic E-state index is 0.869. The summed E-state index contributed by atoms with van der Waals surface area (Å²) in [5.41, 5.74) is 2.39. The van der Waals surface area contributed by atoms with Crippen molar-refractivity contribution in [1.82, 2.24) is 19.4 Å². The van der Waals surface area contributed by atoms with Gasteiger partial charge in [-0.1, -0.05) is 60.1 Å². The quantitative estimate of drug-likeness (QED) is 0.645. The maximum atomic E-state index is 6.30. The van der Waals surface area contributed by atoms with Crippen molar-refractivity contribution in [3.8, 4) is 11.4 Å². The number of hydrogen-bond donors (Lipinski definition) is 0. The monoisotopic (exact) mass is 380 g/mol. The molecule has 0 N–H and O–H groups in total. The van der Waals surface area contributed by atoms with Crippen molar-refractivity contribution in [2.24, 2.45) is 0 Å². The first-order valence-corrected chi connectivity index (χ1v) is 9.92. The first-order chi connectivity index (χ1) is 13.3. The number of aromatic nitrogens is 2. The van der Waals surface area contributed by atoms with Gasteiger partial charge >= 0.3 is 0 Å². The van der Waals surface area contributed by atoms with Crippen LogP contribution in [0, 0.1) is 0 Å². The van der Waals surface area contributed by atoms with Crippen molar-refractivity contribution in [3.63, 3.8) is 0 Å². The van der Waals surface area contributed by atoms with Gasteiger partial charge in [-0.05, 0) is 11.6 Å². The first-order valence-electron chi connectivity index (χ1n) is 9.54. The summed E-state index contributed by atoms with van der Waals surface area (Å²) in [5.74, 6) is 1.05. The van der Waals surface area contributed by atoms with Gasteiger partial charge in [-0.3, -0.25) is 9.80 Å². The van der Waals surface area contributed by atoms with Gasteiger partial charge in [0.15, 0.2) is 0 Å². The molecule has 1 aromatic heterocycles. The van der Waals surface area contributed by atoms with Gasteiger partial charge in [-0.25, -0.2) is 4.98 Å². The predicted molar refractivity (Wildman–Crippen MR) is 111 cm³/mol. The lowest BCUT2D eigenvalue weighted by molar-refractivity contribution is 0.124. The van der Waals surface area contributed by atoms with E-state index in [2.05, 4.69) is 61.9 Å². The molecule has 4 nitrogen and oxygen atoms in total. The van der Waals surface area contributed by atoms with E-state index in [4.69, 9.17) is 11.6 Å². The van der Waals surface area contributed by atoms with Crippen LogP contribution >= 0.6 is 11.6 Å². The van der Waals surface area contributed by atoms with Crippen LogP contribution in [0.3, 0.4) is 0 Å². The largest absolute Gasteiger partial charge is 0.330 e. The molecule has 0 spiro atoms. The van der Waals surface area contributed by atoms with Crippen LogP contribution < -0.4 is 0 Å². The van der Waals surface area contributed by atoms with E-state index in [1.54, 1.807) is 0 Å². The maximum Gasteiger partial charge on any atom is 0.139 e. The molecular weight excluding hydrogens is 356 g/mol. The van der Waals surface area contributed by atoms with Crippen molar-refractivity contribution in [1.29, 1.82) is 0 Å². The van der Waals surface area contributed by atoms with Gasteiger partial charge in [0.25, 0.3) is 0 Å². The summed E-state index contributed by atoms with van der Waals surface area (Å²) in [7, 11) is 0. The van der Waals surface area contributed by atoms with Crippen molar-refractivity contribution < 1.29 is 0 Å². The molecule has 0 unspecified atom stereocenters. The number of nitrogens with zero attached hydrogens (tertiary/aromatic N) is 4. The second-order valence-electron chi connectivity index (χ2n) is 7.02. The molecule has 4 rings (SSSR count). The van der Waals surface area contributed by atoms with Gasteiger partial charge < -0.3 is 4.57 Å². The van der Waals surface area contributed by atoms with Gasteiger partial charge in [0.1, 0.15) is 5.82 Å². The third kappa shape index (κ3) is 4.59. The zero-order valence-corrected chi connectivity index (χ0v) is 16.2. The summed E-state index contributed by atoms with van der Waals surface area (Å²) in [5, 5.41) is 0.869. The average molecular weight is 381 g/mol. The topological polar surface area (TPSA) is 24.3 Å². The summed E-state index contributed by atoms with van der Waals surface area (Å²) < 4.78 is 2.26. The average Bonchev–Trinajstić information content (AvgIpc) is 3.18. The fraction of sp³-hybridized carbons (Fsp3) is 0.318. The van der Waals surface area contributed by atoms with Crippen molar-refractivity contribution in [3.05, 3.63) is 77.6 Å². The Kier molecular flexibility index (Phi) is 5.87. The molecule has 1 saturated heterocycles. The van der Waals surface area contributed by atoms with Crippen LogP contribution in [0.2, 0.25) is 5.02 Å².